The molecule has 0 amide bonds. The third-order valence-corrected chi connectivity index (χ3v) is 11.7. The van der Waals surface area contributed by atoms with Crippen LogP contribution in [0.15, 0.2) is 179 Å². The van der Waals surface area contributed by atoms with E-state index in [0.29, 0.717) is 6.04 Å². The van der Waals surface area contributed by atoms with Gasteiger partial charge >= 0.3 is 0 Å². The summed E-state index contributed by atoms with van der Waals surface area (Å²) in [6, 6.07) is 48.9. The van der Waals surface area contributed by atoms with E-state index >= 15 is 0 Å². The van der Waals surface area contributed by atoms with E-state index in [1.165, 1.54) is 60.8 Å². The van der Waals surface area contributed by atoms with Crippen molar-refractivity contribution in [2.75, 3.05) is 4.90 Å². The molecule has 7 aromatic rings. The molecule has 4 aliphatic rings. The van der Waals surface area contributed by atoms with Gasteiger partial charge in [-0.1, -0.05) is 121 Å². The lowest BCUT2D eigenvalue weighted by Gasteiger charge is -2.31. The highest BCUT2D eigenvalue weighted by Gasteiger charge is 2.42. The van der Waals surface area contributed by atoms with Crippen molar-refractivity contribution >= 4 is 55.6 Å². The highest BCUT2D eigenvalue weighted by atomic mass is 15.2. The van der Waals surface area contributed by atoms with Crippen LogP contribution in [0, 0.1) is 0 Å². The van der Waals surface area contributed by atoms with E-state index in [4.69, 9.17) is 9.98 Å². The molecule has 0 radical (unpaired) electrons. The fourth-order valence-electron chi connectivity index (χ4n) is 9.30. The number of anilines is 2. The number of aromatic nitrogens is 1. The minimum atomic E-state index is -0.148. The number of hydrogen-bond donors (Lipinski definition) is 1. The van der Waals surface area contributed by atoms with Gasteiger partial charge in [0.05, 0.1) is 16.7 Å². The molecule has 2 aliphatic heterocycles. The molecule has 3 atom stereocenters. The van der Waals surface area contributed by atoms with Gasteiger partial charge in [0.25, 0.3) is 0 Å². The van der Waals surface area contributed by atoms with Gasteiger partial charge in [-0.15, -0.1) is 0 Å². The molecule has 0 saturated carbocycles. The molecule has 0 fully saturated rings. The number of allylic oxidation sites excluding steroid dienone is 4. The average Bonchev–Trinajstić information content (AvgIpc) is 3.76. The summed E-state index contributed by atoms with van der Waals surface area (Å²) in [6.45, 7) is 0. The fraction of sp³-hybridized carbons (Fsp3) is 0.143. The van der Waals surface area contributed by atoms with Gasteiger partial charge in [-0.2, -0.15) is 0 Å². The minimum absolute atomic E-state index is 0.148. The maximum Gasteiger partial charge on any atom is 0.159 e. The molecule has 3 unspecified atom stereocenters. The quantitative estimate of drug-likeness (QED) is 0.182. The second-order valence-corrected chi connectivity index (χ2v) is 14.8. The summed E-state index contributed by atoms with van der Waals surface area (Å²) >= 11 is 0. The molecule has 260 valence electrons. The summed E-state index contributed by atoms with van der Waals surface area (Å²) in [4.78, 5) is 12.8. The molecule has 5 heteroatoms. The Morgan fingerprint density at radius 2 is 1.39 bits per heavy atom. The van der Waals surface area contributed by atoms with Crippen LogP contribution in [0.3, 0.4) is 0 Å². The summed E-state index contributed by atoms with van der Waals surface area (Å²) in [7, 11) is 0. The normalized spacial score (nSPS) is 20.4. The fourth-order valence-corrected chi connectivity index (χ4v) is 9.30. The summed E-state index contributed by atoms with van der Waals surface area (Å²) in [6.07, 6.45) is 15.5. The number of nitrogens with zero attached hydrogens (tertiary/aromatic N) is 4. The van der Waals surface area contributed by atoms with E-state index < -0.39 is 0 Å². The molecule has 0 bridgehead atoms. The number of fused-ring (bicyclic) bond motifs is 7. The van der Waals surface area contributed by atoms with E-state index in [0.717, 1.165) is 48.5 Å². The highest BCUT2D eigenvalue weighted by molar-refractivity contribution is 6.14. The number of benzene rings is 6. The second kappa shape index (κ2) is 12.6. The lowest BCUT2D eigenvalue weighted by Crippen LogP contribution is -2.40. The van der Waals surface area contributed by atoms with Gasteiger partial charge in [0.15, 0.2) is 5.84 Å². The van der Waals surface area contributed by atoms with Crippen LogP contribution in [0.5, 0.6) is 0 Å². The van der Waals surface area contributed by atoms with Crippen LogP contribution < -0.4 is 10.2 Å². The first-order valence-electron chi connectivity index (χ1n) is 19.2. The van der Waals surface area contributed by atoms with Crippen molar-refractivity contribution in [1.29, 1.82) is 0 Å². The van der Waals surface area contributed by atoms with Crippen molar-refractivity contribution in [3.63, 3.8) is 0 Å². The SMILES string of the molecule is C1=CCCC(C2N=C(c3ccccc3)N=C(c3ccc(N4c5cc6ccccc6c(-n6c7ccccc7c7ccccc76)c5C5C=CCCC54)cc3)N2)=C1. The average molecular weight is 698 g/mol. The Morgan fingerprint density at radius 1 is 0.667 bits per heavy atom. The lowest BCUT2D eigenvalue weighted by atomic mass is 9.85. The number of hydrogen-bond acceptors (Lipinski definition) is 4. The summed E-state index contributed by atoms with van der Waals surface area (Å²) < 4.78 is 2.55. The van der Waals surface area contributed by atoms with Crippen molar-refractivity contribution in [1.82, 2.24) is 9.88 Å². The van der Waals surface area contributed by atoms with Crippen LogP contribution >= 0.6 is 0 Å². The van der Waals surface area contributed by atoms with Gasteiger partial charge in [-0.3, -0.25) is 0 Å². The number of aliphatic imine (C=N–C) groups is 2. The highest BCUT2D eigenvalue weighted by Crippen LogP contribution is 2.54. The lowest BCUT2D eigenvalue weighted by molar-refractivity contribution is 0.565. The molecular formula is C49H39N5. The van der Waals surface area contributed by atoms with Gasteiger partial charge in [-0.05, 0) is 79.1 Å². The summed E-state index contributed by atoms with van der Waals surface area (Å²) in [5.41, 5.74) is 11.1. The first-order chi connectivity index (χ1) is 26.8. The van der Waals surface area contributed by atoms with Crippen molar-refractivity contribution in [3.8, 4) is 5.69 Å². The molecule has 6 aromatic carbocycles. The van der Waals surface area contributed by atoms with Crippen molar-refractivity contribution < 1.29 is 0 Å². The maximum atomic E-state index is 5.10. The van der Waals surface area contributed by atoms with Gasteiger partial charge < -0.3 is 14.8 Å². The minimum Gasteiger partial charge on any atom is -0.344 e. The molecular weight excluding hydrogens is 659 g/mol. The van der Waals surface area contributed by atoms with Crippen LogP contribution in [0.4, 0.5) is 11.4 Å². The van der Waals surface area contributed by atoms with Crippen molar-refractivity contribution in [2.45, 2.75) is 43.8 Å². The second-order valence-electron chi connectivity index (χ2n) is 14.8. The van der Waals surface area contributed by atoms with Gasteiger partial charge in [0, 0.05) is 56.2 Å². The Hall–Kier alpha value is -6.46. The summed E-state index contributed by atoms with van der Waals surface area (Å²) in [5, 5.41) is 8.81. The first kappa shape index (κ1) is 31.1. The number of nitrogens with one attached hydrogen (secondary N) is 1. The third-order valence-electron chi connectivity index (χ3n) is 11.7. The smallest absolute Gasteiger partial charge is 0.159 e. The van der Waals surface area contributed by atoms with Crippen LogP contribution in [0.25, 0.3) is 38.3 Å². The van der Waals surface area contributed by atoms with Crippen LogP contribution in [0.2, 0.25) is 0 Å². The largest absolute Gasteiger partial charge is 0.344 e. The number of rotatable bonds is 5. The standard InChI is InChI=1S/C49H39N5/c1-3-15-32(16-4-1)47-50-48(33-17-5-2-6-18-33)52-49(51-47)34-27-29-36(30-28-34)53-43-26-14-11-23-40(43)45-44(53)31-35-19-7-8-20-37(35)46(45)54-41-24-12-9-21-38(41)39-22-10-13-25-42(39)54/h1-5,7-13,15-17,19-25,27-31,40,43,48H,6,14,18,26H2,(H,50,51,52). The number of amidine groups is 2. The van der Waals surface area contributed by atoms with Crippen molar-refractivity contribution in [2.24, 2.45) is 9.98 Å². The van der Waals surface area contributed by atoms with Crippen molar-refractivity contribution in [3.05, 3.63) is 186 Å². The monoisotopic (exact) mass is 697 g/mol. The Kier molecular flexibility index (Phi) is 7.25. The first-order valence-corrected chi connectivity index (χ1v) is 19.2. The van der Waals surface area contributed by atoms with E-state index in [2.05, 4.69) is 173 Å². The predicted octanol–water partition coefficient (Wildman–Crippen LogP) is 11.3. The van der Waals surface area contributed by atoms with Crippen LogP contribution in [-0.2, 0) is 0 Å². The van der Waals surface area contributed by atoms with E-state index in [1.807, 2.05) is 6.07 Å². The van der Waals surface area contributed by atoms with Crippen LogP contribution in [-0.4, -0.2) is 28.4 Å². The molecule has 5 nitrogen and oxygen atoms in total. The zero-order valence-electron chi connectivity index (χ0n) is 29.9. The Labute approximate surface area is 315 Å². The Bertz CT molecular complexity index is 2710. The van der Waals surface area contributed by atoms with Gasteiger partial charge in [0.1, 0.15) is 12.0 Å². The molecule has 54 heavy (non-hydrogen) atoms. The molecule has 2 aliphatic carbocycles. The summed E-state index contributed by atoms with van der Waals surface area (Å²) in [5.74, 6) is 1.89. The van der Waals surface area contributed by atoms with Gasteiger partial charge in [-0.25, -0.2) is 9.98 Å². The zero-order valence-corrected chi connectivity index (χ0v) is 29.9. The van der Waals surface area contributed by atoms with Crippen LogP contribution in [0.1, 0.15) is 48.3 Å². The molecule has 1 aromatic heterocycles. The predicted molar refractivity (Wildman–Crippen MR) is 225 cm³/mol. The third kappa shape index (κ3) is 4.92. The van der Waals surface area contributed by atoms with E-state index in [1.54, 1.807) is 0 Å². The molecule has 1 N–H and O–H groups in total. The van der Waals surface area contributed by atoms with E-state index in [9.17, 15) is 0 Å². The maximum absolute atomic E-state index is 5.10. The molecule has 11 rings (SSSR count). The molecule has 0 spiro atoms. The molecule has 3 heterocycles. The topological polar surface area (TPSA) is 44.9 Å². The van der Waals surface area contributed by atoms with E-state index in [-0.39, 0.29) is 12.1 Å². The zero-order chi connectivity index (χ0) is 35.6. The molecule has 0 saturated heterocycles. The Morgan fingerprint density at radius 3 is 2.15 bits per heavy atom. The van der Waals surface area contributed by atoms with Gasteiger partial charge in [0.2, 0.25) is 0 Å². The number of para-hydroxylation sites is 2. The Balaban J connectivity index is 1.06.